The third kappa shape index (κ3) is 2.57. The summed E-state index contributed by atoms with van der Waals surface area (Å²) in [6.07, 6.45) is 0. The maximum Gasteiger partial charge on any atom is 0.196 e. The summed E-state index contributed by atoms with van der Waals surface area (Å²) < 4.78 is 1.54. The molecule has 4 rings (SSSR count). The van der Waals surface area contributed by atoms with Crippen molar-refractivity contribution >= 4 is 29.0 Å². The molecule has 0 N–H and O–H groups in total. The van der Waals surface area contributed by atoms with Crippen LogP contribution in [0.5, 0.6) is 0 Å². The van der Waals surface area contributed by atoms with Crippen molar-refractivity contribution in [3.8, 4) is 0 Å². The van der Waals surface area contributed by atoms with Crippen molar-refractivity contribution in [2.24, 2.45) is 5.10 Å². The maximum atomic E-state index is 6.64. The van der Waals surface area contributed by atoms with E-state index in [1.165, 1.54) is 4.53 Å². The van der Waals surface area contributed by atoms with Crippen molar-refractivity contribution in [3.63, 3.8) is 0 Å². The second kappa shape index (κ2) is 6.26. The van der Waals surface area contributed by atoms with Crippen LogP contribution in [0.3, 0.4) is 0 Å². The van der Waals surface area contributed by atoms with Crippen LogP contribution in [-0.2, 0) is 0 Å². The van der Waals surface area contributed by atoms with Gasteiger partial charge in [-0.3, -0.25) is 0 Å². The number of hydrogen-bond acceptors (Lipinski definition) is 4. The molecule has 0 bridgehead atoms. The van der Waals surface area contributed by atoms with Gasteiger partial charge in [0.1, 0.15) is 0 Å². The van der Waals surface area contributed by atoms with Crippen LogP contribution in [0.4, 0.5) is 11.4 Å². The number of hydrazone groups is 1. The Bertz CT molecular complexity index is 837. The average Bonchev–Trinajstić information content (AvgIpc) is 3.01. The van der Waals surface area contributed by atoms with Gasteiger partial charge in [0, 0.05) is 17.3 Å². The van der Waals surface area contributed by atoms with E-state index < -0.39 is 0 Å². The molecular formula is C19H15ClN4. The molecule has 0 aromatic heterocycles. The van der Waals surface area contributed by atoms with Crippen LogP contribution in [0.25, 0.3) is 0 Å². The van der Waals surface area contributed by atoms with E-state index in [4.69, 9.17) is 16.9 Å². The van der Waals surface area contributed by atoms with E-state index in [2.05, 4.69) is 0 Å². The van der Waals surface area contributed by atoms with Gasteiger partial charge >= 0.3 is 0 Å². The summed E-state index contributed by atoms with van der Waals surface area (Å²) >= 11 is 6.64. The summed E-state index contributed by atoms with van der Waals surface area (Å²) in [5, 5.41) is 8.37. The number of para-hydroxylation sites is 2. The summed E-state index contributed by atoms with van der Waals surface area (Å²) in [6.45, 7) is 0. The number of anilines is 2. The Balaban J connectivity index is 1.81. The van der Waals surface area contributed by atoms with Crippen LogP contribution < -0.4 is 10.2 Å². The molecular weight excluding hydrogens is 320 g/mol. The number of halogens is 1. The third-order valence-electron chi connectivity index (χ3n) is 3.72. The standard InChI is InChI=1S/C19H15ClN4/c20-22-19(16-10-4-1-5-11-16)21-23(17-12-6-2-7-13-17)24(22)18-14-8-3-9-15-18/h1-15H. The van der Waals surface area contributed by atoms with E-state index in [1.54, 1.807) is 5.12 Å². The van der Waals surface area contributed by atoms with Crippen LogP contribution >= 0.6 is 11.8 Å². The second-order valence-electron chi connectivity index (χ2n) is 5.30. The molecule has 1 aliphatic heterocycles. The van der Waals surface area contributed by atoms with Crippen molar-refractivity contribution < 1.29 is 0 Å². The molecule has 0 spiro atoms. The van der Waals surface area contributed by atoms with E-state index >= 15 is 0 Å². The zero-order valence-corrected chi connectivity index (χ0v) is 13.6. The lowest BCUT2D eigenvalue weighted by molar-refractivity contribution is 0.603. The lowest BCUT2D eigenvalue weighted by Crippen LogP contribution is -2.43. The van der Waals surface area contributed by atoms with E-state index in [0.717, 1.165) is 16.9 Å². The van der Waals surface area contributed by atoms with Gasteiger partial charge in [-0.1, -0.05) is 66.7 Å². The molecule has 3 aromatic rings. The first-order valence-electron chi connectivity index (χ1n) is 7.65. The van der Waals surface area contributed by atoms with Crippen LogP contribution in [0.15, 0.2) is 96.1 Å². The minimum atomic E-state index is 0.671. The second-order valence-corrected chi connectivity index (χ2v) is 5.62. The number of amidine groups is 1. The fraction of sp³-hybridized carbons (Fsp3) is 0. The summed E-state index contributed by atoms with van der Waals surface area (Å²) in [4.78, 5) is 0. The highest BCUT2D eigenvalue weighted by molar-refractivity contribution is 6.27. The molecule has 1 aliphatic rings. The Morgan fingerprint density at radius 2 is 1.12 bits per heavy atom. The van der Waals surface area contributed by atoms with Crippen molar-refractivity contribution in [1.82, 2.24) is 4.53 Å². The predicted octanol–water partition coefficient (Wildman–Crippen LogP) is 4.66. The van der Waals surface area contributed by atoms with E-state index in [0.29, 0.717) is 5.84 Å². The predicted molar refractivity (Wildman–Crippen MR) is 98.5 cm³/mol. The number of benzene rings is 3. The van der Waals surface area contributed by atoms with E-state index in [1.807, 2.05) is 96.1 Å². The normalized spacial score (nSPS) is 14.0. The van der Waals surface area contributed by atoms with Crippen LogP contribution in [-0.4, -0.2) is 10.4 Å². The van der Waals surface area contributed by atoms with Gasteiger partial charge in [-0.05, 0) is 24.3 Å². The fourth-order valence-electron chi connectivity index (χ4n) is 2.59. The lowest BCUT2D eigenvalue weighted by Gasteiger charge is -2.31. The van der Waals surface area contributed by atoms with E-state index in [9.17, 15) is 0 Å². The van der Waals surface area contributed by atoms with Gasteiger partial charge < -0.3 is 0 Å². The molecule has 118 valence electrons. The molecule has 3 aromatic carbocycles. The smallest absolute Gasteiger partial charge is 0.155 e. The number of hydrogen-bond donors (Lipinski definition) is 0. The molecule has 0 amide bonds. The van der Waals surface area contributed by atoms with Crippen molar-refractivity contribution in [1.29, 1.82) is 0 Å². The first-order valence-corrected chi connectivity index (χ1v) is 7.98. The van der Waals surface area contributed by atoms with Gasteiger partial charge in [0.15, 0.2) is 5.84 Å². The van der Waals surface area contributed by atoms with E-state index in [-0.39, 0.29) is 0 Å². The van der Waals surface area contributed by atoms with Gasteiger partial charge in [-0.15, -0.1) is 10.2 Å². The van der Waals surface area contributed by atoms with Crippen LogP contribution in [0, 0.1) is 0 Å². The fourth-order valence-corrected chi connectivity index (χ4v) is 2.87. The third-order valence-corrected chi connectivity index (χ3v) is 4.02. The maximum absolute atomic E-state index is 6.64. The minimum absolute atomic E-state index is 0.671. The topological polar surface area (TPSA) is 22.1 Å². The zero-order valence-electron chi connectivity index (χ0n) is 12.8. The first kappa shape index (κ1) is 14.6. The molecule has 0 unspecified atom stereocenters. The molecule has 5 heteroatoms. The molecule has 1 heterocycles. The van der Waals surface area contributed by atoms with Gasteiger partial charge in [0.25, 0.3) is 0 Å². The minimum Gasteiger partial charge on any atom is -0.155 e. The Kier molecular flexibility index (Phi) is 3.81. The quantitative estimate of drug-likeness (QED) is 0.650. The summed E-state index contributed by atoms with van der Waals surface area (Å²) in [5.74, 6) is 0.671. The largest absolute Gasteiger partial charge is 0.196 e. The number of nitrogens with zero attached hydrogens (tertiary/aromatic N) is 4. The Morgan fingerprint density at radius 1 is 0.625 bits per heavy atom. The van der Waals surface area contributed by atoms with Gasteiger partial charge in [0.2, 0.25) is 0 Å². The molecule has 0 fully saturated rings. The Labute approximate surface area is 145 Å². The molecule has 4 nitrogen and oxygen atoms in total. The van der Waals surface area contributed by atoms with Gasteiger partial charge in [0.05, 0.1) is 11.4 Å². The van der Waals surface area contributed by atoms with Crippen molar-refractivity contribution in [2.75, 3.05) is 10.2 Å². The highest BCUT2D eigenvalue weighted by Crippen LogP contribution is 2.31. The molecule has 0 radical (unpaired) electrons. The summed E-state index contributed by atoms with van der Waals surface area (Å²) in [6, 6.07) is 29.8. The zero-order chi connectivity index (χ0) is 16.4. The Hall–Kier alpha value is -2.98. The van der Waals surface area contributed by atoms with Crippen LogP contribution in [0.1, 0.15) is 5.56 Å². The highest BCUT2D eigenvalue weighted by atomic mass is 35.5. The SMILES string of the molecule is ClN1C(c2ccccc2)=NN(c2ccccc2)N1c1ccccc1. The first-order chi connectivity index (χ1) is 11.8. The molecule has 0 saturated carbocycles. The molecule has 24 heavy (non-hydrogen) atoms. The Morgan fingerprint density at radius 3 is 1.71 bits per heavy atom. The van der Waals surface area contributed by atoms with Crippen LogP contribution in [0.2, 0.25) is 0 Å². The van der Waals surface area contributed by atoms with Crippen molar-refractivity contribution in [3.05, 3.63) is 96.6 Å². The average molecular weight is 335 g/mol. The highest BCUT2D eigenvalue weighted by Gasteiger charge is 2.33. The monoisotopic (exact) mass is 334 g/mol. The van der Waals surface area contributed by atoms with Gasteiger partial charge in [-0.2, -0.15) is 9.65 Å². The van der Waals surface area contributed by atoms with Gasteiger partial charge in [-0.25, -0.2) is 0 Å². The summed E-state index contributed by atoms with van der Waals surface area (Å²) in [5.41, 5.74) is 2.80. The lowest BCUT2D eigenvalue weighted by atomic mass is 10.2. The summed E-state index contributed by atoms with van der Waals surface area (Å²) in [7, 11) is 0. The number of rotatable bonds is 3. The molecule has 0 saturated heterocycles. The molecule has 0 atom stereocenters. The molecule has 0 aliphatic carbocycles. The number of hydrazine groups is 2. The van der Waals surface area contributed by atoms with Crippen molar-refractivity contribution in [2.45, 2.75) is 0 Å².